The van der Waals surface area contributed by atoms with Gasteiger partial charge in [0.25, 0.3) is 0 Å². The largest absolute Gasteiger partial charge is 0.366 e. The van der Waals surface area contributed by atoms with E-state index in [9.17, 15) is 0 Å². The molecule has 0 saturated heterocycles. The molecule has 0 bridgehead atoms. The molecule has 0 fully saturated rings. The van der Waals surface area contributed by atoms with Gasteiger partial charge in [-0.2, -0.15) is 0 Å². The summed E-state index contributed by atoms with van der Waals surface area (Å²) in [4.78, 5) is 0. The maximum Gasteiger partial charge on any atom is 0.140 e. The first kappa shape index (κ1) is 4.69. The molecular formula is C5H8N4. The lowest BCUT2D eigenvalue weighted by Gasteiger charge is -2.07. The van der Waals surface area contributed by atoms with E-state index < -0.39 is 0 Å². The fourth-order valence-corrected chi connectivity index (χ4v) is 0.893. The van der Waals surface area contributed by atoms with Gasteiger partial charge in [-0.25, -0.2) is 0 Å². The molecular weight excluding hydrogens is 116 g/mol. The molecule has 9 heavy (non-hydrogen) atoms. The van der Waals surface area contributed by atoms with Crippen LogP contribution in [0.5, 0.6) is 0 Å². The second-order valence-electron chi connectivity index (χ2n) is 1.95. The van der Waals surface area contributed by atoms with Gasteiger partial charge in [-0.05, 0) is 6.08 Å². The molecule has 2 heterocycles. The van der Waals surface area contributed by atoms with Crippen molar-refractivity contribution in [1.29, 1.82) is 0 Å². The van der Waals surface area contributed by atoms with Crippen LogP contribution in [0.25, 0.3) is 0 Å². The molecule has 0 aromatic heterocycles. The highest BCUT2D eigenvalue weighted by Gasteiger charge is 2.10. The van der Waals surface area contributed by atoms with Crippen LogP contribution < -0.4 is 21.7 Å². The summed E-state index contributed by atoms with van der Waals surface area (Å²) in [5.74, 6) is 1.03. The summed E-state index contributed by atoms with van der Waals surface area (Å²) < 4.78 is 0. The van der Waals surface area contributed by atoms with E-state index in [0.717, 1.165) is 18.1 Å². The van der Waals surface area contributed by atoms with Crippen LogP contribution in [0.3, 0.4) is 0 Å². The fraction of sp³-hybridized carbons (Fsp3) is 0.200. The molecule has 0 radical (unpaired) electrons. The molecule has 0 atom stereocenters. The third-order valence-electron chi connectivity index (χ3n) is 1.34. The average molecular weight is 124 g/mol. The summed E-state index contributed by atoms with van der Waals surface area (Å²) in [5, 5.41) is 3.14. The molecule has 0 amide bonds. The molecule has 4 heteroatoms. The molecule has 0 aromatic rings. The summed E-state index contributed by atoms with van der Waals surface area (Å²) in [6, 6.07) is 0. The molecule has 0 aliphatic carbocycles. The molecule has 4 N–H and O–H groups in total. The Morgan fingerprint density at radius 1 is 1.33 bits per heavy atom. The average Bonchev–Trinajstić information content (AvgIpc) is 2.33. The zero-order valence-electron chi connectivity index (χ0n) is 4.86. The van der Waals surface area contributed by atoms with E-state index in [0.29, 0.717) is 0 Å². The van der Waals surface area contributed by atoms with E-state index in [4.69, 9.17) is 0 Å². The van der Waals surface area contributed by atoms with Gasteiger partial charge >= 0.3 is 0 Å². The highest BCUT2D eigenvalue weighted by Crippen LogP contribution is 2.02. The van der Waals surface area contributed by atoms with Crippen molar-refractivity contribution in [1.82, 2.24) is 21.7 Å². The zero-order chi connectivity index (χ0) is 6.10. The van der Waals surface area contributed by atoms with Crippen molar-refractivity contribution in [3.05, 3.63) is 23.7 Å². The second kappa shape index (κ2) is 1.66. The van der Waals surface area contributed by atoms with Crippen molar-refractivity contribution in [3.63, 3.8) is 0 Å². The minimum absolute atomic E-state index is 0.898. The minimum Gasteiger partial charge on any atom is -0.366 e. The SMILES string of the molecule is C1=CC2=C(NC1)NNN2. The van der Waals surface area contributed by atoms with E-state index in [1.165, 1.54) is 0 Å². The Kier molecular flexibility index (Phi) is 0.868. The second-order valence-corrected chi connectivity index (χ2v) is 1.95. The van der Waals surface area contributed by atoms with Gasteiger partial charge in [0.1, 0.15) is 5.82 Å². The van der Waals surface area contributed by atoms with Crippen molar-refractivity contribution < 1.29 is 0 Å². The number of rotatable bonds is 0. The molecule has 2 aliphatic heterocycles. The first-order valence-electron chi connectivity index (χ1n) is 2.88. The molecule has 2 rings (SSSR count). The Morgan fingerprint density at radius 2 is 2.33 bits per heavy atom. The maximum absolute atomic E-state index is 3.14. The Hall–Kier alpha value is -1.16. The van der Waals surface area contributed by atoms with Gasteiger partial charge in [0.05, 0.1) is 5.70 Å². The van der Waals surface area contributed by atoms with E-state index in [-0.39, 0.29) is 0 Å². The smallest absolute Gasteiger partial charge is 0.140 e. The number of nitrogens with one attached hydrogen (secondary N) is 4. The highest BCUT2D eigenvalue weighted by molar-refractivity contribution is 5.27. The Bertz CT molecular complexity index is 181. The number of hydrogen-bond acceptors (Lipinski definition) is 4. The predicted octanol–water partition coefficient (Wildman–Crippen LogP) is -1.07. The van der Waals surface area contributed by atoms with Crippen molar-refractivity contribution in [2.75, 3.05) is 6.54 Å². The van der Waals surface area contributed by atoms with E-state index in [2.05, 4.69) is 27.8 Å². The van der Waals surface area contributed by atoms with Crippen molar-refractivity contribution >= 4 is 0 Å². The van der Waals surface area contributed by atoms with Crippen LogP contribution in [0.15, 0.2) is 23.7 Å². The molecule has 0 unspecified atom stereocenters. The summed E-state index contributed by atoms with van der Waals surface area (Å²) in [6.45, 7) is 0.898. The standard InChI is InChI=1S/C5H8N4/c1-2-4-5(6-3-1)8-9-7-4/h1-2,6-9H,3H2. The molecule has 48 valence electrons. The van der Waals surface area contributed by atoms with Gasteiger partial charge in [0.2, 0.25) is 0 Å². The van der Waals surface area contributed by atoms with Crippen molar-refractivity contribution in [2.45, 2.75) is 0 Å². The van der Waals surface area contributed by atoms with E-state index in [1.807, 2.05) is 6.08 Å². The molecule has 2 aliphatic rings. The van der Waals surface area contributed by atoms with Crippen LogP contribution in [0.4, 0.5) is 0 Å². The van der Waals surface area contributed by atoms with E-state index in [1.54, 1.807) is 0 Å². The minimum atomic E-state index is 0.898. The summed E-state index contributed by atoms with van der Waals surface area (Å²) in [7, 11) is 0. The Balaban J connectivity index is 2.28. The first-order valence-corrected chi connectivity index (χ1v) is 2.88. The van der Waals surface area contributed by atoms with Crippen LogP contribution in [0.1, 0.15) is 0 Å². The van der Waals surface area contributed by atoms with Gasteiger partial charge in [-0.15, -0.1) is 5.53 Å². The van der Waals surface area contributed by atoms with Gasteiger partial charge in [-0.3, -0.25) is 5.43 Å². The topological polar surface area (TPSA) is 48.1 Å². The zero-order valence-corrected chi connectivity index (χ0v) is 4.86. The Labute approximate surface area is 52.9 Å². The summed E-state index contributed by atoms with van der Waals surface area (Å²) >= 11 is 0. The molecule has 0 saturated carbocycles. The lowest BCUT2D eigenvalue weighted by atomic mass is 10.3. The number of dihydropyridines is 1. The number of allylic oxidation sites excluding steroid dienone is 1. The van der Waals surface area contributed by atoms with Gasteiger partial charge in [0.15, 0.2) is 0 Å². The summed E-state index contributed by atoms with van der Waals surface area (Å²) in [5.41, 5.74) is 9.69. The number of hydrogen-bond donors (Lipinski definition) is 4. The fourth-order valence-electron chi connectivity index (χ4n) is 0.893. The van der Waals surface area contributed by atoms with Crippen LogP contribution >= 0.6 is 0 Å². The lowest BCUT2D eigenvalue weighted by Crippen LogP contribution is -2.34. The maximum atomic E-state index is 3.14. The van der Waals surface area contributed by atoms with Crippen molar-refractivity contribution in [2.24, 2.45) is 0 Å². The van der Waals surface area contributed by atoms with Gasteiger partial charge in [-0.1, -0.05) is 6.08 Å². The van der Waals surface area contributed by atoms with Crippen LogP contribution in [-0.2, 0) is 0 Å². The van der Waals surface area contributed by atoms with Crippen LogP contribution in [0.2, 0.25) is 0 Å². The lowest BCUT2D eigenvalue weighted by molar-refractivity contribution is 0.578. The molecule has 4 nitrogen and oxygen atoms in total. The molecule has 0 spiro atoms. The third-order valence-corrected chi connectivity index (χ3v) is 1.34. The molecule has 0 aromatic carbocycles. The third kappa shape index (κ3) is 0.639. The quantitative estimate of drug-likeness (QED) is 0.332. The Morgan fingerprint density at radius 3 is 3.22 bits per heavy atom. The van der Waals surface area contributed by atoms with Gasteiger partial charge < -0.3 is 10.7 Å². The normalized spacial score (nSPS) is 22.2. The van der Waals surface area contributed by atoms with Crippen molar-refractivity contribution in [3.8, 4) is 0 Å². The van der Waals surface area contributed by atoms with Crippen LogP contribution in [-0.4, -0.2) is 6.54 Å². The van der Waals surface area contributed by atoms with Crippen LogP contribution in [0, 0.1) is 0 Å². The number of hydrazine groups is 2. The van der Waals surface area contributed by atoms with E-state index >= 15 is 0 Å². The summed E-state index contributed by atoms with van der Waals surface area (Å²) in [6.07, 6.45) is 4.08. The first-order chi connectivity index (χ1) is 4.47. The monoisotopic (exact) mass is 124 g/mol. The predicted molar refractivity (Wildman–Crippen MR) is 33.6 cm³/mol. The highest BCUT2D eigenvalue weighted by atomic mass is 15.6. The van der Waals surface area contributed by atoms with Gasteiger partial charge in [0, 0.05) is 6.54 Å².